The molecular weight excluding hydrogens is 532 g/mol. The average molecular weight is 565 g/mol. The number of sulfonamides is 2. The van der Waals surface area contributed by atoms with Crippen LogP contribution < -0.4 is 4.74 Å². The van der Waals surface area contributed by atoms with Gasteiger partial charge in [0, 0.05) is 26.7 Å². The van der Waals surface area contributed by atoms with Crippen molar-refractivity contribution in [3.8, 4) is 5.75 Å². The second kappa shape index (κ2) is 12.1. The van der Waals surface area contributed by atoms with Gasteiger partial charge in [-0.25, -0.2) is 16.8 Å². The Morgan fingerprint density at radius 1 is 0.590 bits per heavy atom. The first-order valence-electron chi connectivity index (χ1n) is 12.4. The first kappa shape index (κ1) is 28.5. The molecule has 7 nitrogen and oxygen atoms in total. The van der Waals surface area contributed by atoms with Crippen molar-refractivity contribution >= 4 is 20.0 Å². The summed E-state index contributed by atoms with van der Waals surface area (Å²) in [5.74, 6) is 0.681. The van der Waals surface area contributed by atoms with Crippen LogP contribution in [0.15, 0.2) is 113 Å². The van der Waals surface area contributed by atoms with Gasteiger partial charge in [0.15, 0.2) is 0 Å². The molecule has 4 rings (SSSR count). The summed E-state index contributed by atoms with van der Waals surface area (Å²) in [6.45, 7) is 2.48. The van der Waals surface area contributed by atoms with Gasteiger partial charge in [-0.15, -0.1) is 0 Å². The quantitative estimate of drug-likeness (QED) is 0.250. The Kier molecular flexibility index (Phi) is 8.87. The van der Waals surface area contributed by atoms with Crippen LogP contribution in [0.4, 0.5) is 0 Å². The maximum absolute atomic E-state index is 13.8. The zero-order chi connectivity index (χ0) is 28.0. The number of ether oxygens (including phenoxy) is 1. The lowest BCUT2D eigenvalue weighted by molar-refractivity contribution is 0.399. The van der Waals surface area contributed by atoms with Crippen LogP contribution in [0.5, 0.6) is 5.75 Å². The van der Waals surface area contributed by atoms with Crippen molar-refractivity contribution in [1.29, 1.82) is 0 Å². The van der Waals surface area contributed by atoms with E-state index in [1.54, 1.807) is 19.2 Å². The smallest absolute Gasteiger partial charge is 0.243 e. The van der Waals surface area contributed by atoms with Crippen LogP contribution in [-0.4, -0.2) is 39.6 Å². The molecule has 0 aliphatic carbocycles. The van der Waals surface area contributed by atoms with E-state index in [0.717, 1.165) is 22.3 Å². The van der Waals surface area contributed by atoms with Crippen molar-refractivity contribution < 1.29 is 21.6 Å². The van der Waals surface area contributed by atoms with E-state index in [2.05, 4.69) is 0 Å². The second-order valence-electron chi connectivity index (χ2n) is 9.32. The lowest BCUT2D eigenvalue weighted by atomic mass is 10.1. The molecule has 0 unspecified atom stereocenters. The summed E-state index contributed by atoms with van der Waals surface area (Å²) in [5, 5.41) is 0. The van der Waals surface area contributed by atoms with Crippen molar-refractivity contribution in [2.45, 2.75) is 36.3 Å². The third-order valence-corrected chi connectivity index (χ3v) is 10.0. The molecule has 0 heterocycles. The van der Waals surface area contributed by atoms with E-state index >= 15 is 0 Å². The van der Waals surface area contributed by atoms with Gasteiger partial charge in [0.1, 0.15) is 5.75 Å². The number of hydrogen-bond acceptors (Lipinski definition) is 5. The predicted octanol–water partition coefficient (Wildman–Crippen LogP) is 5.22. The van der Waals surface area contributed by atoms with Crippen molar-refractivity contribution in [1.82, 2.24) is 8.61 Å². The van der Waals surface area contributed by atoms with Crippen LogP contribution in [0.2, 0.25) is 0 Å². The SMILES string of the molecule is COc1ccc(CN(Cc2ccc(C)cc2)S(=O)(=O)c2ccc(S(=O)(=O)N(C)Cc3ccccc3)cc2)cc1. The summed E-state index contributed by atoms with van der Waals surface area (Å²) >= 11 is 0. The Balaban J connectivity index is 1.61. The molecule has 0 radical (unpaired) electrons. The average Bonchev–Trinajstić information content (AvgIpc) is 2.94. The highest BCUT2D eigenvalue weighted by Crippen LogP contribution is 2.25. The van der Waals surface area contributed by atoms with E-state index < -0.39 is 20.0 Å². The molecule has 4 aromatic rings. The zero-order valence-electron chi connectivity index (χ0n) is 22.2. The number of benzene rings is 4. The van der Waals surface area contributed by atoms with E-state index in [1.807, 2.05) is 73.7 Å². The minimum Gasteiger partial charge on any atom is -0.497 e. The minimum absolute atomic E-state index is 0.0211. The van der Waals surface area contributed by atoms with Gasteiger partial charge in [-0.3, -0.25) is 0 Å². The van der Waals surface area contributed by atoms with Crippen molar-refractivity contribution in [3.05, 3.63) is 125 Å². The van der Waals surface area contributed by atoms with Crippen molar-refractivity contribution in [3.63, 3.8) is 0 Å². The summed E-state index contributed by atoms with van der Waals surface area (Å²) in [5.41, 5.74) is 3.58. The maximum atomic E-state index is 13.8. The number of rotatable bonds is 11. The maximum Gasteiger partial charge on any atom is 0.243 e. The molecule has 4 aromatic carbocycles. The molecule has 0 bridgehead atoms. The Labute approximate surface area is 231 Å². The van der Waals surface area contributed by atoms with Gasteiger partial charge in [-0.05, 0) is 60.0 Å². The zero-order valence-corrected chi connectivity index (χ0v) is 23.8. The van der Waals surface area contributed by atoms with Crippen molar-refractivity contribution in [2.24, 2.45) is 0 Å². The van der Waals surface area contributed by atoms with Crippen LogP contribution in [0, 0.1) is 6.92 Å². The highest BCUT2D eigenvalue weighted by Gasteiger charge is 2.27. The van der Waals surface area contributed by atoms with Gasteiger partial charge in [0.05, 0.1) is 16.9 Å². The highest BCUT2D eigenvalue weighted by molar-refractivity contribution is 7.89. The molecule has 0 aromatic heterocycles. The van der Waals surface area contributed by atoms with Gasteiger partial charge in [-0.1, -0.05) is 72.3 Å². The van der Waals surface area contributed by atoms with Crippen LogP contribution in [0.1, 0.15) is 22.3 Å². The standard InChI is InChI=1S/C30H32N2O5S2/c1-24-9-11-26(12-10-24)22-32(23-27-13-15-28(37-3)16-14-27)39(35,36)30-19-17-29(18-20-30)38(33,34)31(2)21-25-7-5-4-6-8-25/h4-20H,21-23H2,1-3H3. The van der Waals surface area contributed by atoms with Crippen LogP contribution in [0.25, 0.3) is 0 Å². The molecule has 0 amide bonds. The molecule has 0 aliphatic rings. The number of aryl methyl sites for hydroxylation is 1. The molecule has 0 atom stereocenters. The highest BCUT2D eigenvalue weighted by atomic mass is 32.2. The Morgan fingerprint density at radius 2 is 1.05 bits per heavy atom. The number of methoxy groups -OCH3 is 1. The van der Waals surface area contributed by atoms with E-state index in [-0.39, 0.29) is 29.4 Å². The van der Waals surface area contributed by atoms with Gasteiger partial charge in [0.2, 0.25) is 20.0 Å². The lowest BCUT2D eigenvalue weighted by Gasteiger charge is -2.23. The van der Waals surface area contributed by atoms with E-state index in [4.69, 9.17) is 4.74 Å². The third-order valence-electron chi connectivity index (χ3n) is 6.42. The van der Waals surface area contributed by atoms with E-state index in [9.17, 15) is 16.8 Å². The fourth-order valence-electron chi connectivity index (χ4n) is 4.10. The molecular formula is C30H32N2O5S2. The van der Waals surface area contributed by atoms with E-state index in [0.29, 0.717) is 5.75 Å². The molecule has 0 aliphatic heterocycles. The molecule has 9 heteroatoms. The Hall–Kier alpha value is -3.50. The first-order chi connectivity index (χ1) is 18.6. The largest absolute Gasteiger partial charge is 0.497 e. The summed E-state index contributed by atoms with van der Waals surface area (Å²) < 4.78 is 61.8. The van der Waals surface area contributed by atoms with Crippen LogP contribution >= 0.6 is 0 Å². The van der Waals surface area contributed by atoms with Gasteiger partial charge >= 0.3 is 0 Å². The summed E-state index contributed by atoms with van der Waals surface area (Å²) in [6, 6.07) is 29.6. The van der Waals surface area contributed by atoms with Gasteiger partial charge in [-0.2, -0.15) is 8.61 Å². The molecule has 204 valence electrons. The van der Waals surface area contributed by atoms with E-state index in [1.165, 1.54) is 39.9 Å². The Bertz CT molecular complexity index is 1590. The van der Waals surface area contributed by atoms with Crippen molar-refractivity contribution in [2.75, 3.05) is 14.2 Å². The molecule has 0 fully saturated rings. The fourth-order valence-corrected chi connectivity index (χ4v) is 6.67. The number of nitrogens with zero attached hydrogens (tertiary/aromatic N) is 2. The second-order valence-corrected chi connectivity index (χ2v) is 13.3. The topological polar surface area (TPSA) is 84.0 Å². The molecule has 0 saturated heterocycles. The lowest BCUT2D eigenvalue weighted by Crippen LogP contribution is -2.30. The molecule has 0 N–H and O–H groups in total. The first-order valence-corrected chi connectivity index (χ1v) is 15.3. The number of hydrogen-bond donors (Lipinski definition) is 0. The normalized spacial score (nSPS) is 12.1. The third kappa shape index (κ3) is 6.93. The van der Waals surface area contributed by atoms with Gasteiger partial charge < -0.3 is 4.74 Å². The summed E-state index contributed by atoms with van der Waals surface area (Å²) in [6.07, 6.45) is 0. The summed E-state index contributed by atoms with van der Waals surface area (Å²) in [4.78, 5) is 0.0490. The molecule has 0 spiro atoms. The monoisotopic (exact) mass is 564 g/mol. The predicted molar refractivity (Wildman–Crippen MR) is 152 cm³/mol. The Morgan fingerprint density at radius 3 is 1.56 bits per heavy atom. The van der Waals surface area contributed by atoms with Crippen LogP contribution in [0.3, 0.4) is 0 Å². The molecule has 0 saturated carbocycles. The fraction of sp³-hybridized carbons (Fsp3) is 0.200. The summed E-state index contributed by atoms with van der Waals surface area (Å²) in [7, 11) is -4.69. The minimum atomic E-state index is -3.96. The molecule has 39 heavy (non-hydrogen) atoms. The van der Waals surface area contributed by atoms with Crippen LogP contribution in [-0.2, 0) is 39.7 Å². The van der Waals surface area contributed by atoms with Gasteiger partial charge in [0.25, 0.3) is 0 Å².